The van der Waals surface area contributed by atoms with Gasteiger partial charge in [-0.15, -0.1) is 11.8 Å². The Morgan fingerprint density at radius 3 is 2.05 bits per heavy atom. The van der Waals surface area contributed by atoms with Gasteiger partial charge in [0.2, 0.25) is 5.91 Å². The Kier molecular flexibility index (Phi) is 8.48. The molecule has 2 amide bonds. The summed E-state index contributed by atoms with van der Waals surface area (Å²) in [6.45, 7) is 1.98. The quantitative estimate of drug-likeness (QED) is 0.243. The van der Waals surface area contributed by atoms with Crippen molar-refractivity contribution >= 4 is 35.0 Å². The molecule has 1 atom stereocenters. The number of hydrogen-bond donors (Lipinski definition) is 2. The molecule has 0 aromatic heterocycles. The van der Waals surface area contributed by atoms with Crippen molar-refractivity contribution in [1.29, 1.82) is 0 Å². The first-order valence-corrected chi connectivity index (χ1v) is 12.6. The summed E-state index contributed by atoms with van der Waals surface area (Å²) in [6, 6.07) is 29.7. The third-order valence-corrected chi connectivity index (χ3v) is 6.87. The Labute approximate surface area is 221 Å². The molecule has 0 aliphatic rings. The number of amides is 2. The van der Waals surface area contributed by atoms with Gasteiger partial charge in [-0.05, 0) is 42.8 Å². The maximum atomic E-state index is 13.5. The molecule has 37 heavy (non-hydrogen) atoms. The van der Waals surface area contributed by atoms with E-state index in [4.69, 9.17) is 9.47 Å². The Bertz CT molecular complexity index is 1350. The molecule has 1 unspecified atom stereocenters. The van der Waals surface area contributed by atoms with Crippen LogP contribution in [0.15, 0.2) is 102 Å². The number of anilines is 2. The average Bonchev–Trinajstić information content (AvgIpc) is 2.92. The van der Waals surface area contributed by atoms with Crippen LogP contribution in [0.4, 0.5) is 11.4 Å². The molecule has 4 rings (SSSR count). The van der Waals surface area contributed by atoms with Gasteiger partial charge in [0.1, 0.15) is 16.7 Å². The number of nitrogens with one attached hydrogen (secondary N) is 2. The van der Waals surface area contributed by atoms with Crippen LogP contribution in [-0.4, -0.2) is 26.0 Å². The summed E-state index contributed by atoms with van der Waals surface area (Å²) >= 11 is 1.40. The van der Waals surface area contributed by atoms with Gasteiger partial charge in [-0.1, -0.05) is 54.1 Å². The number of benzene rings is 4. The van der Waals surface area contributed by atoms with Crippen molar-refractivity contribution in [3.8, 4) is 11.5 Å². The minimum absolute atomic E-state index is 0.188. The smallest absolute Gasteiger partial charge is 0.255 e. The molecule has 0 aliphatic carbocycles. The van der Waals surface area contributed by atoms with Crippen molar-refractivity contribution in [2.75, 3.05) is 24.9 Å². The zero-order valence-corrected chi connectivity index (χ0v) is 21.7. The van der Waals surface area contributed by atoms with Crippen LogP contribution >= 0.6 is 11.8 Å². The average molecular weight is 513 g/mol. The first-order valence-electron chi connectivity index (χ1n) is 11.7. The third kappa shape index (κ3) is 6.92. The molecule has 4 aromatic rings. The number of aryl methyl sites for hydroxylation is 1. The predicted octanol–water partition coefficient (Wildman–Crippen LogP) is 6.74. The van der Waals surface area contributed by atoms with Crippen LogP contribution in [0.2, 0.25) is 0 Å². The van der Waals surface area contributed by atoms with E-state index in [-0.39, 0.29) is 11.8 Å². The van der Waals surface area contributed by atoms with Gasteiger partial charge in [-0.3, -0.25) is 9.59 Å². The highest BCUT2D eigenvalue weighted by Crippen LogP contribution is 2.38. The minimum Gasteiger partial charge on any atom is -0.497 e. The highest BCUT2D eigenvalue weighted by Gasteiger charge is 2.23. The van der Waals surface area contributed by atoms with E-state index in [2.05, 4.69) is 10.6 Å². The van der Waals surface area contributed by atoms with Crippen LogP contribution in [0, 0.1) is 6.92 Å². The summed E-state index contributed by atoms with van der Waals surface area (Å²) in [5, 5.41) is 5.40. The maximum absolute atomic E-state index is 13.5. The molecule has 0 heterocycles. The van der Waals surface area contributed by atoms with Gasteiger partial charge in [0.25, 0.3) is 5.91 Å². The number of carbonyl (C=O) groups excluding carboxylic acids is 2. The van der Waals surface area contributed by atoms with E-state index in [1.54, 1.807) is 44.6 Å². The van der Waals surface area contributed by atoms with Crippen LogP contribution < -0.4 is 20.1 Å². The number of methoxy groups -OCH3 is 2. The van der Waals surface area contributed by atoms with E-state index in [1.165, 1.54) is 11.8 Å². The second-order valence-corrected chi connectivity index (χ2v) is 9.53. The normalized spacial score (nSPS) is 11.3. The number of rotatable bonds is 9. The van der Waals surface area contributed by atoms with Gasteiger partial charge >= 0.3 is 0 Å². The largest absolute Gasteiger partial charge is 0.497 e. The van der Waals surface area contributed by atoms with Crippen LogP contribution in [0.5, 0.6) is 11.5 Å². The van der Waals surface area contributed by atoms with E-state index in [0.29, 0.717) is 28.4 Å². The Hall–Kier alpha value is -4.23. The summed E-state index contributed by atoms with van der Waals surface area (Å²) in [4.78, 5) is 27.0. The summed E-state index contributed by atoms with van der Waals surface area (Å²) in [5.41, 5.74) is 3.75. The molecule has 0 spiro atoms. The molecule has 0 radical (unpaired) electrons. The number of thioether (sulfide) groups is 1. The van der Waals surface area contributed by atoms with E-state index in [0.717, 1.165) is 16.0 Å². The lowest BCUT2D eigenvalue weighted by molar-refractivity contribution is -0.115. The van der Waals surface area contributed by atoms with Crippen molar-refractivity contribution in [2.45, 2.75) is 17.1 Å². The lowest BCUT2D eigenvalue weighted by Gasteiger charge is -2.18. The molecule has 0 saturated carbocycles. The molecular formula is C30H28N2O4S. The Morgan fingerprint density at radius 1 is 0.730 bits per heavy atom. The monoisotopic (exact) mass is 512 g/mol. The van der Waals surface area contributed by atoms with Crippen LogP contribution in [0.25, 0.3) is 0 Å². The fraction of sp³-hybridized carbons (Fsp3) is 0.133. The highest BCUT2D eigenvalue weighted by molar-refractivity contribution is 8.00. The number of hydrogen-bond acceptors (Lipinski definition) is 5. The molecular weight excluding hydrogens is 484 g/mol. The van der Waals surface area contributed by atoms with Gasteiger partial charge in [0.15, 0.2) is 0 Å². The Balaban J connectivity index is 1.55. The fourth-order valence-corrected chi connectivity index (χ4v) is 4.76. The molecule has 0 bridgehead atoms. The minimum atomic E-state index is -0.540. The second-order valence-electron chi connectivity index (χ2n) is 8.35. The van der Waals surface area contributed by atoms with Crippen molar-refractivity contribution in [3.63, 3.8) is 0 Å². The summed E-state index contributed by atoms with van der Waals surface area (Å²) in [5.74, 6) is 0.776. The van der Waals surface area contributed by atoms with Gasteiger partial charge in [-0.2, -0.15) is 0 Å². The first-order chi connectivity index (χ1) is 17.9. The van der Waals surface area contributed by atoms with Gasteiger partial charge in [-0.25, -0.2) is 0 Å². The molecule has 0 aliphatic heterocycles. The molecule has 4 aromatic carbocycles. The summed E-state index contributed by atoms with van der Waals surface area (Å²) in [7, 11) is 3.13. The van der Waals surface area contributed by atoms with E-state index in [9.17, 15) is 9.59 Å². The molecule has 188 valence electrons. The zero-order valence-electron chi connectivity index (χ0n) is 20.9. The zero-order chi connectivity index (χ0) is 26.2. The van der Waals surface area contributed by atoms with Gasteiger partial charge in [0, 0.05) is 40.0 Å². The fourth-order valence-electron chi connectivity index (χ4n) is 3.68. The second kappa shape index (κ2) is 12.1. The molecule has 2 N–H and O–H groups in total. The van der Waals surface area contributed by atoms with Crippen molar-refractivity contribution in [3.05, 3.63) is 114 Å². The topological polar surface area (TPSA) is 76.7 Å². The third-order valence-electron chi connectivity index (χ3n) is 5.62. The summed E-state index contributed by atoms with van der Waals surface area (Å²) in [6.07, 6.45) is 0. The number of carbonyl (C=O) groups is 2. The van der Waals surface area contributed by atoms with E-state index < -0.39 is 5.25 Å². The Morgan fingerprint density at radius 2 is 1.41 bits per heavy atom. The van der Waals surface area contributed by atoms with Crippen LogP contribution in [0.3, 0.4) is 0 Å². The summed E-state index contributed by atoms with van der Waals surface area (Å²) < 4.78 is 10.7. The lowest BCUT2D eigenvalue weighted by Crippen LogP contribution is -2.19. The lowest BCUT2D eigenvalue weighted by atomic mass is 10.1. The van der Waals surface area contributed by atoms with Gasteiger partial charge < -0.3 is 20.1 Å². The first kappa shape index (κ1) is 25.9. The van der Waals surface area contributed by atoms with Gasteiger partial charge in [0.05, 0.1) is 14.2 Å². The van der Waals surface area contributed by atoms with Crippen molar-refractivity contribution < 1.29 is 19.1 Å². The molecule has 0 saturated heterocycles. The maximum Gasteiger partial charge on any atom is 0.255 e. The van der Waals surface area contributed by atoms with Crippen molar-refractivity contribution in [1.82, 2.24) is 0 Å². The highest BCUT2D eigenvalue weighted by atomic mass is 32.2. The molecule has 6 nitrogen and oxygen atoms in total. The number of ether oxygens (including phenoxy) is 2. The molecule has 0 fully saturated rings. The van der Waals surface area contributed by atoms with E-state index >= 15 is 0 Å². The van der Waals surface area contributed by atoms with Crippen LogP contribution in [0.1, 0.15) is 26.7 Å². The standard InChI is InChI=1S/C30H28N2O4S/c1-20-12-14-22(15-13-20)29(33)31-23-10-7-11-27(18-23)37-28(21-8-5-4-6-9-21)30(34)32-24-16-25(35-2)19-26(17-24)36-3/h4-19,28H,1-3H3,(H,31,33)(H,32,34). The predicted molar refractivity (Wildman–Crippen MR) is 149 cm³/mol. The molecule has 7 heteroatoms. The van der Waals surface area contributed by atoms with Crippen LogP contribution in [-0.2, 0) is 4.79 Å². The van der Waals surface area contributed by atoms with Crippen molar-refractivity contribution in [2.24, 2.45) is 0 Å². The van der Waals surface area contributed by atoms with E-state index in [1.807, 2.05) is 73.7 Å². The SMILES string of the molecule is COc1cc(NC(=O)C(Sc2cccc(NC(=O)c3ccc(C)cc3)c2)c2ccccc2)cc(OC)c1.